The molecule has 1 heterocycles. The summed E-state index contributed by atoms with van der Waals surface area (Å²) in [4.78, 5) is -0.257. The molecule has 0 unspecified atom stereocenters. The van der Waals surface area contributed by atoms with Gasteiger partial charge in [0.05, 0.1) is 16.7 Å². The van der Waals surface area contributed by atoms with Crippen LogP contribution in [0, 0.1) is 5.21 Å². The Kier molecular flexibility index (Phi) is 4.68. The first-order valence-corrected chi connectivity index (χ1v) is 8.72. The number of aliphatic hydroxyl groups excluding tert-OH is 1. The monoisotopic (exact) mass is 362 g/mol. The zero-order valence-electron chi connectivity index (χ0n) is 12.9. The van der Waals surface area contributed by atoms with E-state index >= 15 is 0 Å². The van der Waals surface area contributed by atoms with E-state index in [1.807, 2.05) is 0 Å². The van der Waals surface area contributed by atoms with Crippen molar-refractivity contribution >= 4 is 9.84 Å². The fourth-order valence-corrected chi connectivity index (χ4v) is 3.43. The number of benzene rings is 2. The highest BCUT2D eigenvalue weighted by Gasteiger charge is 2.35. The van der Waals surface area contributed by atoms with Gasteiger partial charge in [-0.05, 0) is 28.2 Å². The Labute approximate surface area is 143 Å². The molecule has 2 aromatic carbocycles. The lowest BCUT2D eigenvalue weighted by molar-refractivity contribution is -0.832. The second-order valence-corrected chi connectivity index (χ2v) is 6.99. The Balaban J connectivity index is 1.87. The molecule has 3 rings (SSSR count). The molecule has 130 valence electrons. The molecule has 8 nitrogen and oxygen atoms in total. The van der Waals surface area contributed by atoms with Crippen molar-refractivity contribution in [1.82, 2.24) is 5.16 Å². The quantitative estimate of drug-likeness (QED) is 0.655. The first kappa shape index (κ1) is 16.9. The van der Waals surface area contributed by atoms with Crippen molar-refractivity contribution in [2.45, 2.75) is 23.1 Å². The second-order valence-electron chi connectivity index (χ2n) is 5.12. The van der Waals surface area contributed by atoms with Crippen LogP contribution in [0.5, 0.6) is 5.88 Å². The zero-order chi connectivity index (χ0) is 17.9. The van der Waals surface area contributed by atoms with Crippen LogP contribution in [-0.4, -0.2) is 18.7 Å². The maximum absolute atomic E-state index is 12.6. The van der Waals surface area contributed by atoms with E-state index in [4.69, 9.17) is 9.84 Å². The van der Waals surface area contributed by atoms with Crippen LogP contribution in [0.1, 0.15) is 11.1 Å². The molecule has 1 aromatic heterocycles. The Bertz CT molecular complexity index is 952. The Morgan fingerprint density at radius 2 is 1.72 bits per heavy atom. The van der Waals surface area contributed by atoms with Crippen LogP contribution < -0.4 is 9.64 Å². The third kappa shape index (κ3) is 3.47. The molecule has 0 radical (unpaired) electrons. The summed E-state index contributed by atoms with van der Waals surface area (Å²) in [6.07, 6.45) is 0. The topological polar surface area (TPSA) is 117 Å². The van der Waals surface area contributed by atoms with Gasteiger partial charge in [0.15, 0.2) is 0 Å². The lowest BCUT2D eigenvalue weighted by atomic mass is 10.1. The summed E-state index contributed by atoms with van der Waals surface area (Å²) >= 11 is 0. The summed E-state index contributed by atoms with van der Waals surface area (Å²) in [7, 11) is -4.14. The number of rotatable bonds is 6. The molecule has 0 saturated heterocycles. The van der Waals surface area contributed by atoms with Gasteiger partial charge >= 0.3 is 10.9 Å². The van der Waals surface area contributed by atoms with Crippen LogP contribution in [-0.2, 0) is 23.1 Å². The maximum Gasteiger partial charge on any atom is 0.415 e. The van der Waals surface area contributed by atoms with Crippen LogP contribution in [0.15, 0.2) is 69.1 Å². The highest BCUT2D eigenvalue weighted by molar-refractivity contribution is 7.91. The first-order valence-electron chi connectivity index (χ1n) is 7.23. The van der Waals surface area contributed by atoms with Crippen molar-refractivity contribution in [1.29, 1.82) is 0 Å². The van der Waals surface area contributed by atoms with E-state index in [2.05, 4.69) is 9.79 Å². The molecular formula is C16H14N2O6S. The van der Waals surface area contributed by atoms with E-state index in [0.29, 0.717) is 5.56 Å². The number of hydrogen-bond donors (Lipinski definition) is 1. The predicted molar refractivity (Wildman–Crippen MR) is 84.1 cm³/mol. The molecule has 0 bridgehead atoms. The maximum atomic E-state index is 12.6. The summed E-state index contributed by atoms with van der Waals surface area (Å²) in [5, 5.41) is 23.5. The van der Waals surface area contributed by atoms with Crippen LogP contribution in [0.4, 0.5) is 0 Å². The van der Waals surface area contributed by atoms with Gasteiger partial charge in [-0.25, -0.2) is 8.42 Å². The molecular weight excluding hydrogens is 348 g/mol. The van der Waals surface area contributed by atoms with Gasteiger partial charge in [-0.2, -0.15) is 0 Å². The van der Waals surface area contributed by atoms with Crippen molar-refractivity contribution in [2.24, 2.45) is 0 Å². The average Bonchev–Trinajstić information content (AvgIpc) is 3.02. The number of hydrogen-bond acceptors (Lipinski definition) is 7. The van der Waals surface area contributed by atoms with Gasteiger partial charge in [0.1, 0.15) is 6.61 Å². The normalized spacial score (nSPS) is 11.4. The minimum absolute atomic E-state index is 0.0183. The number of ether oxygens (including phenoxy) is 1. The highest BCUT2D eigenvalue weighted by Crippen LogP contribution is 2.25. The number of nitrogens with zero attached hydrogens (tertiary/aromatic N) is 2. The van der Waals surface area contributed by atoms with Crippen molar-refractivity contribution in [3.8, 4) is 5.88 Å². The number of sulfone groups is 1. The fraction of sp³-hybridized carbons (Fsp3) is 0.125. The first-order chi connectivity index (χ1) is 12.0. The van der Waals surface area contributed by atoms with Crippen molar-refractivity contribution in [2.75, 3.05) is 0 Å². The summed E-state index contributed by atoms with van der Waals surface area (Å²) < 4.78 is 35.0. The minimum atomic E-state index is -4.14. The summed E-state index contributed by atoms with van der Waals surface area (Å²) in [6.45, 7) is -0.102. The summed E-state index contributed by atoms with van der Waals surface area (Å²) in [6, 6.07) is 14.3. The average molecular weight is 362 g/mol. The SMILES string of the molecule is O=S(=O)(c1ccccc1)c1c(OCc2ccc(CO)cc2)no[n+]1[O-]. The Morgan fingerprint density at radius 1 is 1.08 bits per heavy atom. The van der Waals surface area contributed by atoms with Gasteiger partial charge < -0.3 is 15.1 Å². The highest BCUT2D eigenvalue weighted by atomic mass is 32.2. The number of aliphatic hydroxyl groups is 1. The Hall–Kier alpha value is -2.91. The number of aromatic nitrogens is 2. The van der Waals surface area contributed by atoms with E-state index in [-0.39, 0.29) is 23.0 Å². The lowest BCUT2D eigenvalue weighted by Crippen LogP contribution is -2.30. The van der Waals surface area contributed by atoms with Gasteiger partial charge in [-0.15, -0.1) is 0 Å². The summed E-state index contributed by atoms with van der Waals surface area (Å²) in [5.74, 6) is -0.412. The molecule has 0 atom stereocenters. The Morgan fingerprint density at radius 3 is 2.36 bits per heavy atom. The molecule has 1 N–H and O–H groups in total. The van der Waals surface area contributed by atoms with E-state index in [1.54, 1.807) is 42.5 Å². The molecule has 0 aliphatic rings. The largest absolute Gasteiger partial charge is 0.450 e. The standard InChI is InChI=1S/C16H14N2O6S/c19-10-12-6-8-13(9-7-12)11-23-15-16(18(20)24-17-15)25(21,22)14-4-2-1-3-5-14/h1-9,19H,10-11H2. The lowest BCUT2D eigenvalue weighted by Gasteiger charge is -2.04. The summed E-state index contributed by atoms with van der Waals surface area (Å²) in [5.41, 5.74) is 1.44. The van der Waals surface area contributed by atoms with Gasteiger partial charge in [-0.3, -0.25) is 4.63 Å². The molecule has 0 saturated carbocycles. The van der Waals surface area contributed by atoms with Crippen molar-refractivity contribution in [3.63, 3.8) is 0 Å². The molecule has 0 aliphatic carbocycles. The molecule has 0 fully saturated rings. The van der Waals surface area contributed by atoms with E-state index in [0.717, 1.165) is 5.56 Å². The van der Waals surface area contributed by atoms with E-state index in [9.17, 15) is 13.6 Å². The van der Waals surface area contributed by atoms with Crippen LogP contribution >= 0.6 is 0 Å². The van der Waals surface area contributed by atoms with Gasteiger partial charge in [0.2, 0.25) is 0 Å². The van der Waals surface area contributed by atoms with Gasteiger partial charge in [0.25, 0.3) is 9.84 Å². The zero-order valence-corrected chi connectivity index (χ0v) is 13.7. The minimum Gasteiger partial charge on any atom is -0.450 e. The van der Waals surface area contributed by atoms with Crippen LogP contribution in [0.25, 0.3) is 0 Å². The molecule has 25 heavy (non-hydrogen) atoms. The van der Waals surface area contributed by atoms with Crippen LogP contribution in [0.3, 0.4) is 0 Å². The van der Waals surface area contributed by atoms with Crippen LogP contribution in [0.2, 0.25) is 0 Å². The fourth-order valence-electron chi connectivity index (χ4n) is 2.13. The smallest absolute Gasteiger partial charge is 0.415 e. The molecule has 9 heteroatoms. The molecule has 0 spiro atoms. The van der Waals surface area contributed by atoms with Crippen molar-refractivity contribution < 1.29 is 27.8 Å². The molecule has 3 aromatic rings. The van der Waals surface area contributed by atoms with E-state index < -0.39 is 20.7 Å². The van der Waals surface area contributed by atoms with Gasteiger partial charge in [0, 0.05) is 0 Å². The third-order valence-corrected chi connectivity index (χ3v) is 5.16. The van der Waals surface area contributed by atoms with Crippen molar-refractivity contribution in [3.05, 3.63) is 70.9 Å². The molecule has 0 amide bonds. The second kappa shape index (κ2) is 6.91. The predicted octanol–water partition coefficient (Wildman–Crippen LogP) is 1.21. The third-order valence-electron chi connectivity index (χ3n) is 3.44. The molecule has 0 aliphatic heterocycles. The van der Waals surface area contributed by atoms with E-state index in [1.165, 1.54) is 12.1 Å². The van der Waals surface area contributed by atoms with Gasteiger partial charge in [-0.1, -0.05) is 42.5 Å².